The molecule has 0 saturated carbocycles. The van der Waals surface area contributed by atoms with Crippen molar-refractivity contribution in [1.29, 1.82) is 0 Å². The maximum Gasteiger partial charge on any atom is 0.347 e. The van der Waals surface area contributed by atoms with Gasteiger partial charge in [-0.05, 0) is 78.2 Å². The number of esters is 1. The standard InChI is InChI=1S/C24H25Br2N3O4/c1-4-6-7-22-28-20-10-9-17(25)13-18(20)23(30)29(22)27-14-16-8-11-21(19(26)12-16)33-15(3)24(31)32-5-2/h8-15H,4-7H2,1-3H3/t15-/m0/s1. The second-order valence-electron chi connectivity index (χ2n) is 7.36. The van der Waals surface area contributed by atoms with Gasteiger partial charge in [-0.1, -0.05) is 29.3 Å². The smallest absolute Gasteiger partial charge is 0.347 e. The molecule has 0 bridgehead atoms. The number of benzene rings is 2. The molecular weight excluding hydrogens is 554 g/mol. The average molecular weight is 579 g/mol. The van der Waals surface area contributed by atoms with E-state index in [9.17, 15) is 9.59 Å². The number of carbonyl (C=O) groups is 1. The highest BCUT2D eigenvalue weighted by Crippen LogP contribution is 2.27. The fourth-order valence-electron chi connectivity index (χ4n) is 3.13. The molecule has 1 aromatic heterocycles. The first-order chi connectivity index (χ1) is 15.8. The van der Waals surface area contributed by atoms with Gasteiger partial charge in [-0.3, -0.25) is 4.79 Å². The Morgan fingerprint density at radius 3 is 2.70 bits per heavy atom. The van der Waals surface area contributed by atoms with Crippen molar-refractivity contribution in [3.05, 3.63) is 67.1 Å². The highest BCUT2D eigenvalue weighted by molar-refractivity contribution is 9.10. The highest BCUT2D eigenvalue weighted by atomic mass is 79.9. The fraction of sp³-hybridized carbons (Fsp3) is 0.333. The number of unbranched alkanes of at least 4 members (excludes halogenated alkanes) is 1. The normalized spacial score (nSPS) is 12.3. The van der Waals surface area contributed by atoms with Gasteiger partial charge in [-0.2, -0.15) is 9.78 Å². The molecule has 1 atom stereocenters. The minimum Gasteiger partial charge on any atom is -0.478 e. The quantitative estimate of drug-likeness (QED) is 0.248. The van der Waals surface area contributed by atoms with Gasteiger partial charge in [0.2, 0.25) is 0 Å². The molecule has 33 heavy (non-hydrogen) atoms. The van der Waals surface area contributed by atoms with E-state index in [0.29, 0.717) is 40.0 Å². The maximum absolute atomic E-state index is 13.2. The monoisotopic (exact) mass is 577 g/mol. The summed E-state index contributed by atoms with van der Waals surface area (Å²) in [7, 11) is 0. The molecule has 0 N–H and O–H groups in total. The molecule has 0 unspecified atom stereocenters. The molecule has 0 spiro atoms. The van der Waals surface area contributed by atoms with Gasteiger partial charge in [-0.15, -0.1) is 0 Å². The van der Waals surface area contributed by atoms with E-state index in [1.165, 1.54) is 4.68 Å². The zero-order valence-corrected chi connectivity index (χ0v) is 21.8. The third-order valence-corrected chi connectivity index (χ3v) is 5.94. The van der Waals surface area contributed by atoms with Crippen LogP contribution in [0.4, 0.5) is 0 Å². The first kappa shape index (κ1) is 25.1. The van der Waals surface area contributed by atoms with Crippen LogP contribution in [0.25, 0.3) is 10.9 Å². The number of aromatic nitrogens is 2. The lowest BCUT2D eigenvalue weighted by atomic mass is 10.2. The molecule has 9 heteroatoms. The molecule has 2 aromatic carbocycles. The molecule has 3 aromatic rings. The van der Waals surface area contributed by atoms with Gasteiger partial charge in [0.05, 0.1) is 28.2 Å². The fourth-order valence-corrected chi connectivity index (χ4v) is 3.98. The lowest BCUT2D eigenvalue weighted by Crippen LogP contribution is -2.26. The minimum atomic E-state index is -0.733. The Hall–Kier alpha value is -2.52. The highest BCUT2D eigenvalue weighted by Gasteiger charge is 2.17. The summed E-state index contributed by atoms with van der Waals surface area (Å²) >= 11 is 6.88. The Morgan fingerprint density at radius 1 is 1.21 bits per heavy atom. The van der Waals surface area contributed by atoms with Crippen LogP contribution in [-0.4, -0.2) is 34.6 Å². The molecule has 7 nitrogen and oxygen atoms in total. The van der Waals surface area contributed by atoms with E-state index in [2.05, 4.69) is 48.9 Å². The van der Waals surface area contributed by atoms with Crippen LogP contribution in [0.15, 0.2) is 55.2 Å². The summed E-state index contributed by atoms with van der Waals surface area (Å²) in [5.41, 5.74) is 1.19. The third-order valence-electron chi connectivity index (χ3n) is 4.83. The molecule has 0 radical (unpaired) electrons. The number of fused-ring (bicyclic) bond motifs is 1. The molecule has 3 rings (SSSR count). The van der Waals surface area contributed by atoms with Crippen molar-refractivity contribution in [1.82, 2.24) is 9.66 Å². The molecule has 0 fully saturated rings. The van der Waals surface area contributed by atoms with Crippen LogP contribution < -0.4 is 10.3 Å². The van der Waals surface area contributed by atoms with Crippen molar-refractivity contribution in [3.63, 3.8) is 0 Å². The van der Waals surface area contributed by atoms with Gasteiger partial charge in [0.25, 0.3) is 5.56 Å². The number of halogens is 2. The molecule has 0 saturated heterocycles. The molecule has 0 aliphatic rings. The second-order valence-corrected chi connectivity index (χ2v) is 9.13. The zero-order valence-electron chi connectivity index (χ0n) is 18.7. The lowest BCUT2D eigenvalue weighted by molar-refractivity contribution is -0.150. The SMILES string of the molecule is CCCCc1nc2ccc(Br)cc2c(=O)n1N=Cc1ccc(O[C@@H](C)C(=O)OCC)c(Br)c1. The zero-order chi connectivity index (χ0) is 24.0. The Morgan fingerprint density at radius 2 is 2.00 bits per heavy atom. The average Bonchev–Trinajstić information content (AvgIpc) is 2.79. The summed E-state index contributed by atoms with van der Waals surface area (Å²) in [6, 6.07) is 10.8. The van der Waals surface area contributed by atoms with Gasteiger partial charge >= 0.3 is 5.97 Å². The summed E-state index contributed by atoms with van der Waals surface area (Å²) in [6.45, 7) is 5.77. The summed E-state index contributed by atoms with van der Waals surface area (Å²) in [5.74, 6) is 0.699. The summed E-state index contributed by atoms with van der Waals surface area (Å²) in [6.07, 6.45) is 3.41. The Balaban J connectivity index is 1.91. The Bertz CT molecular complexity index is 1240. The third kappa shape index (κ3) is 6.29. The first-order valence-corrected chi connectivity index (χ1v) is 12.3. The largest absolute Gasteiger partial charge is 0.478 e. The number of rotatable bonds is 9. The number of hydrogen-bond acceptors (Lipinski definition) is 6. The van der Waals surface area contributed by atoms with Crippen molar-refractivity contribution in [3.8, 4) is 5.75 Å². The topological polar surface area (TPSA) is 82.8 Å². The van der Waals surface area contributed by atoms with Crippen molar-refractivity contribution in [2.45, 2.75) is 46.1 Å². The van der Waals surface area contributed by atoms with Crippen molar-refractivity contribution in [2.24, 2.45) is 5.10 Å². The number of hydrogen-bond donors (Lipinski definition) is 0. The van der Waals surface area contributed by atoms with Crippen molar-refractivity contribution >= 4 is 54.9 Å². The number of ether oxygens (including phenoxy) is 2. The maximum atomic E-state index is 13.2. The van der Waals surface area contributed by atoms with Crippen LogP contribution in [0, 0.1) is 0 Å². The summed E-state index contributed by atoms with van der Waals surface area (Å²) < 4.78 is 13.5. The van der Waals surface area contributed by atoms with Gasteiger partial charge in [0.1, 0.15) is 11.6 Å². The van der Waals surface area contributed by atoms with Crippen molar-refractivity contribution < 1.29 is 14.3 Å². The van der Waals surface area contributed by atoms with E-state index in [1.807, 2.05) is 12.1 Å². The molecule has 0 aliphatic heterocycles. The van der Waals surface area contributed by atoms with E-state index < -0.39 is 12.1 Å². The number of nitrogens with zero attached hydrogens (tertiary/aromatic N) is 3. The predicted octanol–water partition coefficient (Wildman–Crippen LogP) is 5.48. The summed E-state index contributed by atoms with van der Waals surface area (Å²) in [4.78, 5) is 29.7. The van der Waals surface area contributed by atoms with E-state index in [1.54, 1.807) is 44.3 Å². The van der Waals surface area contributed by atoms with Crippen LogP contribution in [0.3, 0.4) is 0 Å². The molecule has 174 valence electrons. The number of aryl methyl sites for hydroxylation is 1. The van der Waals surface area contributed by atoms with Crippen LogP contribution >= 0.6 is 31.9 Å². The van der Waals surface area contributed by atoms with E-state index in [0.717, 1.165) is 22.9 Å². The second kappa shape index (κ2) is 11.6. The minimum absolute atomic E-state index is 0.217. The van der Waals surface area contributed by atoms with Crippen LogP contribution in [0.2, 0.25) is 0 Å². The Labute approximate surface area is 209 Å². The molecular formula is C24H25Br2N3O4. The lowest BCUT2D eigenvalue weighted by Gasteiger charge is -2.14. The van der Waals surface area contributed by atoms with Gasteiger partial charge < -0.3 is 9.47 Å². The van der Waals surface area contributed by atoms with Crippen molar-refractivity contribution in [2.75, 3.05) is 6.61 Å². The van der Waals surface area contributed by atoms with Crippen LogP contribution in [0.5, 0.6) is 5.75 Å². The number of carbonyl (C=O) groups excluding carboxylic acids is 1. The van der Waals surface area contributed by atoms with E-state index in [-0.39, 0.29) is 5.56 Å². The molecule has 1 heterocycles. The van der Waals surface area contributed by atoms with E-state index in [4.69, 9.17) is 9.47 Å². The van der Waals surface area contributed by atoms with Gasteiger partial charge in [0.15, 0.2) is 6.10 Å². The first-order valence-electron chi connectivity index (χ1n) is 10.7. The molecule has 0 aliphatic carbocycles. The summed E-state index contributed by atoms with van der Waals surface area (Å²) in [5, 5.41) is 4.96. The van der Waals surface area contributed by atoms with Gasteiger partial charge in [-0.25, -0.2) is 9.78 Å². The van der Waals surface area contributed by atoms with Crippen LogP contribution in [0.1, 0.15) is 45.0 Å². The van der Waals surface area contributed by atoms with Gasteiger partial charge in [0, 0.05) is 10.9 Å². The predicted molar refractivity (Wildman–Crippen MR) is 136 cm³/mol. The Kier molecular flexibility index (Phi) is 8.80. The van der Waals surface area contributed by atoms with Crippen LogP contribution in [-0.2, 0) is 16.0 Å². The van der Waals surface area contributed by atoms with E-state index >= 15 is 0 Å². The molecule has 0 amide bonds.